The number of furan rings is 1. The van der Waals surface area contributed by atoms with Crippen molar-refractivity contribution >= 4 is 65.0 Å². The topological polar surface area (TPSA) is 13.1 Å². The average Bonchev–Trinajstić information content (AvgIpc) is 3.55. The molecule has 0 amide bonds. The molecule has 0 aliphatic rings. The van der Waals surface area contributed by atoms with E-state index in [0.29, 0.717) is 0 Å². The lowest BCUT2D eigenvalue weighted by Gasteiger charge is -2.15. The first-order chi connectivity index (χ1) is 25.7. The molecule has 0 fully saturated rings. The van der Waals surface area contributed by atoms with Crippen molar-refractivity contribution in [2.24, 2.45) is 0 Å². The van der Waals surface area contributed by atoms with Gasteiger partial charge in [0.2, 0.25) is 0 Å². The van der Waals surface area contributed by atoms with E-state index in [0.717, 1.165) is 0 Å². The molecule has 0 bridgehead atoms. The van der Waals surface area contributed by atoms with Crippen molar-refractivity contribution in [3.8, 4) is 11.1 Å². The standard InChI is InChI=1S/C34H20O/c1-4-11-24-21(8-1)16-18-27-30(24)20-23-10-3-5-12-25(23)32(27)28-14-7-15-31-33(28)29-19-17-22-9-2-6-13-26(22)34(29)35-31/h1-20H/i1D,2D,3D,4D,5D,6D,7D,8D,9D,10D,11D,12D,13D,14D,15D,16D,17D,18D,19D,20D. The molecule has 0 unspecified atom stereocenters. The number of fused-ring (bicyclic) bond motifs is 9. The maximum absolute atomic E-state index is 9.36. The first-order valence-electron chi connectivity index (χ1n) is 20.4. The fraction of sp³-hybridized carbons (Fsp3) is 0. The van der Waals surface area contributed by atoms with Crippen molar-refractivity contribution in [1.29, 1.82) is 0 Å². The van der Waals surface area contributed by atoms with Crippen LogP contribution in [0.2, 0.25) is 0 Å². The summed E-state index contributed by atoms with van der Waals surface area (Å²) < 4.78 is 182. The van der Waals surface area contributed by atoms with Crippen LogP contribution in [0, 0.1) is 0 Å². The Morgan fingerprint density at radius 1 is 0.457 bits per heavy atom. The molecule has 162 valence electrons. The van der Waals surface area contributed by atoms with Crippen LogP contribution in [0.25, 0.3) is 76.2 Å². The average molecular weight is 465 g/mol. The minimum absolute atomic E-state index is 0.364. The summed E-state index contributed by atoms with van der Waals surface area (Å²) in [7, 11) is 0. The molecule has 0 atom stereocenters. The molecule has 8 aromatic rings. The summed E-state index contributed by atoms with van der Waals surface area (Å²) in [6.07, 6.45) is 0. The number of hydrogen-bond acceptors (Lipinski definition) is 1. The van der Waals surface area contributed by atoms with E-state index in [2.05, 4.69) is 0 Å². The molecule has 1 heterocycles. The Kier molecular flexibility index (Phi) is 1.58. The minimum Gasteiger partial charge on any atom is -0.455 e. The third-order valence-electron chi connectivity index (χ3n) is 5.94. The second-order valence-electron chi connectivity index (χ2n) is 7.76. The molecule has 7 aromatic carbocycles. The third kappa shape index (κ3) is 2.58. The first kappa shape index (κ1) is 7.96. The number of hydrogen-bond donors (Lipinski definition) is 0. The summed E-state index contributed by atoms with van der Waals surface area (Å²) in [6.45, 7) is 0. The molecule has 0 N–H and O–H groups in total. The SMILES string of the molecule is [2H]c1c([2H])c(-c2c3c([2H])c([2H])c([2H])c([2H])c3c([2H])c3c2c([2H])c([2H])c2c([2H])c([2H])c([2H])c([2H])c23)c2c(oc3c4c([2H])c([2H])c([2H])c([2H])c4c([2H])c([2H])c32)c1[2H]. The van der Waals surface area contributed by atoms with Crippen LogP contribution in [0.3, 0.4) is 0 Å². The van der Waals surface area contributed by atoms with Crippen molar-refractivity contribution in [1.82, 2.24) is 0 Å². The van der Waals surface area contributed by atoms with Crippen LogP contribution in [0.15, 0.2) is 125 Å². The molecular formula is C34H20O. The van der Waals surface area contributed by atoms with Crippen molar-refractivity contribution in [3.63, 3.8) is 0 Å². The molecule has 8 rings (SSSR count). The van der Waals surface area contributed by atoms with Gasteiger partial charge in [0.05, 0.1) is 27.4 Å². The molecule has 0 aliphatic heterocycles. The van der Waals surface area contributed by atoms with E-state index in [9.17, 15) is 4.11 Å². The Hall–Kier alpha value is -4.62. The second-order valence-corrected chi connectivity index (χ2v) is 7.76. The molecule has 0 aliphatic carbocycles. The quantitative estimate of drug-likeness (QED) is 0.174. The van der Waals surface area contributed by atoms with Gasteiger partial charge in [-0.25, -0.2) is 0 Å². The van der Waals surface area contributed by atoms with E-state index < -0.39 is 181 Å². The molecular weight excluding hydrogens is 424 g/mol. The van der Waals surface area contributed by atoms with Crippen molar-refractivity contribution in [3.05, 3.63) is 121 Å². The van der Waals surface area contributed by atoms with E-state index in [-0.39, 0.29) is 16.2 Å². The predicted octanol–water partition coefficient (Wildman–Crippen LogP) is 9.87. The van der Waals surface area contributed by atoms with E-state index in [1.54, 1.807) is 0 Å². The fourth-order valence-corrected chi connectivity index (χ4v) is 4.47. The lowest BCUT2D eigenvalue weighted by atomic mass is 9.88. The first-order valence-corrected chi connectivity index (χ1v) is 10.4. The van der Waals surface area contributed by atoms with E-state index in [4.69, 9.17) is 27.7 Å². The highest BCUT2D eigenvalue weighted by molar-refractivity contribution is 6.26. The van der Waals surface area contributed by atoms with Crippen LogP contribution in [0.1, 0.15) is 27.4 Å². The fourth-order valence-electron chi connectivity index (χ4n) is 4.47. The lowest BCUT2D eigenvalue weighted by Crippen LogP contribution is -1.88. The zero-order chi connectivity index (χ0) is 40.3. The summed E-state index contributed by atoms with van der Waals surface area (Å²) in [5.74, 6) is 0. The van der Waals surface area contributed by atoms with Gasteiger partial charge in [0.1, 0.15) is 11.2 Å². The Morgan fingerprint density at radius 2 is 1.11 bits per heavy atom. The zero-order valence-electron chi connectivity index (χ0n) is 37.4. The van der Waals surface area contributed by atoms with Crippen LogP contribution < -0.4 is 0 Å². The van der Waals surface area contributed by atoms with Gasteiger partial charge < -0.3 is 4.42 Å². The van der Waals surface area contributed by atoms with Gasteiger partial charge in [-0.3, -0.25) is 0 Å². The Morgan fingerprint density at radius 3 is 1.94 bits per heavy atom. The number of benzene rings is 7. The smallest absolute Gasteiger partial charge is 0.143 e. The molecule has 1 aromatic heterocycles. The maximum Gasteiger partial charge on any atom is 0.143 e. The zero-order valence-corrected chi connectivity index (χ0v) is 17.4. The van der Waals surface area contributed by atoms with Crippen LogP contribution >= 0.6 is 0 Å². The summed E-state index contributed by atoms with van der Waals surface area (Å²) >= 11 is 0. The largest absolute Gasteiger partial charge is 0.455 e. The second kappa shape index (κ2) is 6.94. The maximum atomic E-state index is 9.36. The van der Waals surface area contributed by atoms with Gasteiger partial charge in [0.25, 0.3) is 0 Å². The van der Waals surface area contributed by atoms with E-state index >= 15 is 0 Å². The minimum atomic E-state index is -0.831. The lowest BCUT2D eigenvalue weighted by molar-refractivity contribution is 0.673. The number of rotatable bonds is 1. The van der Waals surface area contributed by atoms with E-state index in [1.165, 1.54) is 0 Å². The molecule has 0 radical (unpaired) electrons. The monoisotopic (exact) mass is 464 g/mol. The van der Waals surface area contributed by atoms with Crippen molar-refractivity contribution in [2.45, 2.75) is 0 Å². The molecule has 35 heavy (non-hydrogen) atoms. The van der Waals surface area contributed by atoms with Crippen LogP contribution in [-0.4, -0.2) is 0 Å². The van der Waals surface area contributed by atoms with Crippen LogP contribution in [0.5, 0.6) is 0 Å². The molecule has 1 nitrogen and oxygen atoms in total. The normalized spacial score (nSPS) is 20.0. The highest BCUT2D eigenvalue weighted by Crippen LogP contribution is 2.45. The van der Waals surface area contributed by atoms with E-state index in [1.807, 2.05) is 0 Å². The van der Waals surface area contributed by atoms with Crippen LogP contribution in [-0.2, 0) is 0 Å². The van der Waals surface area contributed by atoms with Crippen molar-refractivity contribution < 1.29 is 31.8 Å². The molecule has 1 heteroatoms. The van der Waals surface area contributed by atoms with Gasteiger partial charge in [-0.2, -0.15) is 0 Å². The van der Waals surface area contributed by atoms with Gasteiger partial charge in [-0.05, 0) is 67.0 Å². The highest BCUT2D eigenvalue weighted by atomic mass is 16.3. The third-order valence-corrected chi connectivity index (χ3v) is 5.94. The highest BCUT2D eigenvalue weighted by Gasteiger charge is 2.18. The van der Waals surface area contributed by atoms with Gasteiger partial charge in [-0.15, -0.1) is 0 Å². The summed E-state index contributed by atoms with van der Waals surface area (Å²) in [5.41, 5.74) is -1.97. The molecule has 0 saturated carbocycles. The predicted molar refractivity (Wildman–Crippen MR) is 149 cm³/mol. The molecule has 0 saturated heterocycles. The Labute approximate surface area is 229 Å². The Bertz CT molecular complexity index is 3200. The van der Waals surface area contributed by atoms with Crippen molar-refractivity contribution in [2.75, 3.05) is 0 Å². The van der Waals surface area contributed by atoms with Gasteiger partial charge >= 0.3 is 0 Å². The summed E-state index contributed by atoms with van der Waals surface area (Å²) in [6, 6.07) is -15.0. The Balaban J connectivity index is 1.82. The van der Waals surface area contributed by atoms with Gasteiger partial charge in [0, 0.05) is 16.2 Å². The molecule has 0 spiro atoms. The summed E-state index contributed by atoms with van der Waals surface area (Å²) in [5, 5.41) is -4.41. The summed E-state index contributed by atoms with van der Waals surface area (Å²) in [4.78, 5) is 0. The van der Waals surface area contributed by atoms with Gasteiger partial charge in [-0.1, -0.05) is 103 Å². The van der Waals surface area contributed by atoms with Crippen LogP contribution in [0.4, 0.5) is 0 Å². The van der Waals surface area contributed by atoms with Gasteiger partial charge in [0.15, 0.2) is 0 Å².